The molecule has 0 radical (unpaired) electrons. The van der Waals surface area contributed by atoms with Crippen LogP contribution in [0.3, 0.4) is 0 Å². The van der Waals surface area contributed by atoms with Crippen molar-refractivity contribution in [3.8, 4) is 0 Å². The first kappa shape index (κ1) is 13.9. The van der Waals surface area contributed by atoms with E-state index < -0.39 is 0 Å². The zero-order valence-corrected chi connectivity index (χ0v) is 12.8. The Hall–Kier alpha value is -1.09. The summed E-state index contributed by atoms with van der Waals surface area (Å²) in [5.74, 6) is 2.82. The van der Waals surface area contributed by atoms with Crippen molar-refractivity contribution in [2.75, 3.05) is 18.0 Å². The van der Waals surface area contributed by atoms with Crippen LogP contribution in [0, 0.1) is 11.8 Å². The van der Waals surface area contributed by atoms with Crippen molar-refractivity contribution in [2.24, 2.45) is 11.8 Å². The predicted octanol–water partition coefficient (Wildman–Crippen LogP) is 3.21. The first-order valence-electron chi connectivity index (χ1n) is 8.14. The highest BCUT2D eigenvalue weighted by atomic mass is 15.2. The van der Waals surface area contributed by atoms with Crippen molar-refractivity contribution >= 4 is 5.82 Å². The Labute approximate surface area is 122 Å². The van der Waals surface area contributed by atoms with Crippen molar-refractivity contribution in [3.05, 3.63) is 23.9 Å². The quantitative estimate of drug-likeness (QED) is 0.788. The highest BCUT2D eigenvalue weighted by Gasteiger charge is 2.34. The maximum Gasteiger partial charge on any atom is 0.128 e. The van der Waals surface area contributed by atoms with Crippen LogP contribution >= 0.6 is 0 Å². The fourth-order valence-corrected chi connectivity index (χ4v) is 2.59. The van der Waals surface area contributed by atoms with Gasteiger partial charge in [0.15, 0.2) is 0 Å². The van der Waals surface area contributed by atoms with Gasteiger partial charge < -0.3 is 10.2 Å². The van der Waals surface area contributed by atoms with Crippen molar-refractivity contribution in [1.29, 1.82) is 0 Å². The molecular formula is C17H27N3. The summed E-state index contributed by atoms with van der Waals surface area (Å²) in [6, 6.07) is 5.22. The van der Waals surface area contributed by atoms with E-state index in [2.05, 4.69) is 36.2 Å². The Kier molecular flexibility index (Phi) is 4.25. The summed E-state index contributed by atoms with van der Waals surface area (Å²) in [5.41, 5.74) is 1.29. The minimum Gasteiger partial charge on any atom is -0.353 e. The van der Waals surface area contributed by atoms with E-state index in [4.69, 9.17) is 4.98 Å². The van der Waals surface area contributed by atoms with Gasteiger partial charge in [0.25, 0.3) is 0 Å². The normalized spacial score (nSPS) is 18.6. The molecule has 1 aromatic heterocycles. The molecule has 0 saturated heterocycles. The molecule has 3 nitrogen and oxygen atoms in total. The molecule has 1 heterocycles. The van der Waals surface area contributed by atoms with Crippen LogP contribution in [-0.2, 0) is 6.54 Å². The number of anilines is 1. The van der Waals surface area contributed by atoms with Gasteiger partial charge in [-0.05, 0) is 55.7 Å². The second-order valence-corrected chi connectivity index (χ2v) is 6.88. The van der Waals surface area contributed by atoms with Gasteiger partial charge in [0, 0.05) is 25.3 Å². The predicted molar refractivity (Wildman–Crippen MR) is 83.9 cm³/mol. The third-order valence-corrected chi connectivity index (χ3v) is 4.12. The van der Waals surface area contributed by atoms with Crippen LogP contribution in [0.1, 0.15) is 45.1 Å². The van der Waals surface area contributed by atoms with E-state index in [1.54, 1.807) is 0 Å². The lowest BCUT2D eigenvalue weighted by Gasteiger charge is -2.23. The van der Waals surface area contributed by atoms with Crippen LogP contribution in [0.5, 0.6) is 0 Å². The maximum atomic E-state index is 4.70. The number of aromatic nitrogens is 1. The molecule has 1 aromatic rings. The summed E-state index contributed by atoms with van der Waals surface area (Å²) in [5, 5.41) is 3.47. The molecular weight excluding hydrogens is 246 g/mol. The van der Waals surface area contributed by atoms with Crippen LogP contribution in [0.15, 0.2) is 18.3 Å². The number of hydrogen-bond donors (Lipinski definition) is 1. The Morgan fingerprint density at radius 2 is 2.05 bits per heavy atom. The topological polar surface area (TPSA) is 28.2 Å². The second kappa shape index (κ2) is 6.13. The molecule has 110 valence electrons. The second-order valence-electron chi connectivity index (χ2n) is 6.88. The van der Waals surface area contributed by atoms with Gasteiger partial charge in [0.1, 0.15) is 5.82 Å². The average Bonchev–Trinajstić information content (AvgIpc) is 3.29. The summed E-state index contributed by atoms with van der Waals surface area (Å²) < 4.78 is 0. The number of rotatable bonds is 8. The SMILES string of the molecule is CC(C)CNCc1ccc(N(CC2CC2)C2CC2)nc1. The third-order valence-electron chi connectivity index (χ3n) is 4.12. The molecule has 0 atom stereocenters. The van der Waals surface area contributed by atoms with E-state index in [0.717, 1.165) is 25.0 Å². The van der Waals surface area contributed by atoms with Gasteiger partial charge >= 0.3 is 0 Å². The monoisotopic (exact) mass is 273 g/mol. The molecule has 2 aliphatic carbocycles. The van der Waals surface area contributed by atoms with E-state index in [1.807, 2.05) is 6.20 Å². The first-order valence-corrected chi connectivity index (χ1v) is 8.14. The van der Waals surface area contributed by atoms with Crippen LogP contribution in [0.2, 0.25) is 0 Å². The Balaban J connectivity index is 1.56. The fraction of sp³-hybridized carbons (Fsp3) is 0.706. The summed E-state index contributed by atoms with van der Waals surface area (Å²) in [7, 11) is 0. The van der Waals surface area contributed by atoms with Crippen LogP contribution in [0.4, 0.5) is 5.82 Å². The average molecular weight is 273 g/mol. The summed E-state index contributed by atoms with van der Waals surface area (Å²) >= 11 is 0. The van der Waals surface area contributed by atoms with E-state index in [0.29, 0.717) is 5.92 Å². The van der Waals surface area contributed by atoms with E-state index in [9.17, 15) is 0 Å². The van der Waals surface area contributed by atoms with Gasteiger partial charge in [-0.2, -0.15) is 0 Å². The van der Waals surface area contributed by atoms with Gasteiger partial charge in [0.2, 0.25) is 0 Å². The molecule has 2 fully saturated rings. The lowest BCUT2D eigenvalue weighted by molar-refractivity contribution is 0.552. The zero-order valence-electron chi connectivity index (χ0n) is 12.8. The molecule has 0 aliphatic heterocycles. The number of nitrogens with zero attached hydrogens (tertiary/aromatic N) is 2. The Bertz CT molecular complexity index is 418. The molecule has 0 bridgehead atoms. The zero-order chi connectivity index (χ0) is 13.9. The molecule has 2 saturated carbocycles. The highest BCUT2D eigenvalue weighted by molar-refractivity contribution is 5.42. The van der Waals surface area contributed by atoms with Crippen LogP contribution in [-0.4, -0.2) is 24.1 Å². The summed E-state index contributed by atoms with van der Waals surface area (Å²) in [4.78, 5) is 7.25. The lowest BCUT2D eigenvalue weighted by atomic mass is 10.2. The largest absolute Gasteiger partial charge is 0.353 e. The Morgan fingerprint density at radius 1 is 1.25 bits per heavy atom. The van der Waals surface area contributed by atoms with Gasteiger partial charge in [-0.1, -0.05) is 19.9 Å². The van der Waals surface area contributed by atoms with Gasteiger partial charge in [-0.25, -0.2) is 4.98 Å². The molecule has 2 aliphatic rings. The maximum absolute atomic E-state index is 4.70. The summed E-state index contributed by atoms with van der Waals surface area (Å²) in [6.07, 6.45) is 7.59. The highest BCUT2D eigenvalue weighted by Crippen LogP contribution is 2.36. The van der Waals surface area contributed by atoms with Crippen molar-refractivity contribution < 1.29 is 0 Å². The standard InChI is InChI=1S/C17H27N3/c1-13(2)9-18-10-15-5-8-17(19-11-15)20(16-6-7-16)12-14-3-4-14/h5,8,11,13-14,16,18H,3-4,6-7,9-10,12H2,1-2H3. The van der Waals surface area contributed by atoms with Gasteiger partial charge in [-0.15, -0.1) is 0 Å². The number of hydrogen-bond acceptors (Lipinski definition) is 3. The molecule has 20 heavy (non-hydrogen) atoms. The van der Waals surface area contributed by atoms with Crippen LogP contribution < -0.4 is 10.2 Å². The summed E-state index contributed by atoms with van der Waals surface area (Å²) in [6.45, 7) is 7.69. The number of pyridine rings is 1. The molecule has 0 aromatic carbocycles. The van der Waals surface area contributed by atoms with Gasteiger partial charge in [-0.3, -0.25) is 0 Å². The van der Waals surface area contributed by atoms with E-state index >= 15 is 0 Å². The molecule has 3 heteroatoms. The number of nitrogens with one attached hydrogen (secondary N) is 1. The van der Waals surface area contributed by atoms with Gasteiger partial charge in [0.05, 0.1) is 0 Å². The van der Waals surface area contributed by atoms with Crippen molar-refractivity contribution in [2.45, 2.75) is 52.1 Å². The first-order chi connectivity index (χ1) is 9.72. The molecule has 3 rings (SSSR count). The van der Waals surface area contributed by atoms with Crippen molar-refractivity contribution in [1.82, 2.24) is 10.3 Å². The minimum absolute atomic E-state index is 0.700. The minimum atomic E-state index is 0.700. The Morgan fingerprint density at radius 3 is 2.60 bits per heavy atom. The van der Waals surface area contributed by atoms with E-state index in [1.165, 1.54) is 43.6 Å². The fourth-order valence-electron chi connectivity index (χ4n) is 2.59. The van der Waals surface area contributed by atoms with Crippen molar-refractivity contribution in [3.63, 3.8) is 0 Å². The van der Waals surface area contributed by atoms with Crippen LogP contribution in [0.25, 0.3) is 0 Å². The molecule has 1 N–H and O–H groups in total. The van der Waals surface area contributed by atoms with E-state index in [-0.39, 0.29) is 0 Å². The molecule has 0 unspecified atom stereocenters. The molecule has 0 spiro atoms. The lowest BCUT2D eigenvalue weighted by Crippen LogP contribution is -2.29. The molecule has 0 amide bonds. The smallest absolute Gasteiger partial charge is 0.128 e. The third kappa shape index (κ3) is 3.95.